The summed E-state index contributed by atoms with van der Waals surface area (Å²) < 4.78 is 0. The normalized spacial score (nSPS) is 11.8. The predicted octanol–water partition coefficient (Wildman–Crippen LogP) is 14.7. The van der Waals surface area contributed by atoms with Crippen molar-refractivity contribution in [3.8, 4) is 0 Å². The van der Waals surface area contributed by atoms with Gasteiger partial charge in [0.15, 0.2) is 16.1 Å². The summed E-state index contributed by atoms with van der Waals surface area (Å²) in [5, 5.41) is 15.2. The molecule has 0 aliphatic rings. The molecule has 14 aromatic rings. The van der Waals surface area contributed by atoms with Crippen molar-refractivity contribution in [2.75, 3.05) is 4.90 Å². The molecular formula is C90H71NSi3. The highest BCUT2D eigenvalue weighted by Gasteiger charge is 2.42. The molecule has 0 unspecified atom stereocenters. The first-order valence-corrected chi connectivity index (χ1v) is 38.2. The van der Waals surface area contributed by atoms with Gasteiger partial charge in [0, 0.05) is 17.1 Å². The molecule has 448 valence electrons. The molecule has 0 saturated carbocycles. The van der Waals surface area contributed by atoms with Crippen molar-refractivity contribution < 1.29 is 0 Å². The smallest absolute Gasteiger partial charge is 0.179 e. The Kier molecular flexibility index (Phi) is 18.3. The van der Waals surface area contributed by atoms with Crippen molar-refractivity contribution in [3.63, 3.8) is 0 Å². The van der Waals surface area contributed by atoms with E-state index in [1.807, 2.05) is 0 Å². The van der Waals surface area contributed by atoms with E-state index >= 15 is 0 Å². The van der Waals surface area contributed by atoms with E-state index in [9.17, 15) is 0 Å². The van der Waals surface area contributed by atoms with Gasteiger partial charge in [-0.05, 0) is 111 Å². The third-order valence-corrected chi connectivity index (χ3v) is 31.1. The van der Waals surface area contributed by atoms with E-state index in [-0.39, 0.29) is 0 Å². The third-order valence-electron chi connectivity index (χ3n) is 18.3. The Hall–Kier alpha value is -11.2. The second kappa shape index (κ2) is 28.5. The van der Waals surface area contributed by atoms with Gasteiger partial charge < -0.3 is 4.90 Å². The van der Waals surface area contributed by atoms with Crippen LogP contribution in [-0.4, -0.2) is 24.9 Å². The van der Waals surface area contributed by atoms with Crippen LogP contribution in [0, 0.1) is 0 Å². The van der Waals surface area contributed by atoms with Crippen molar-refractivity contribution in [2.45, 2.75) is 0 Å². The van der Waals surface area contributed by atoms with Crippen molar-refractivity contribution in [2.24, 2.45) is 0 Å². The van der Waals surface area contributed by atoms with Crippen LogP contribution in [0.5, 0.6) is 0 Å². The minimum Gasteiger partial charge on any atom is -0.311 e. The van der Waals surface area contributed by atoms with E-state index in [2.05, 4.69) is 430 Å². The molecule has 0 heterocycles. The van der Waals surface area contributed by atoms with E-state index in [1.54, 1.807) is 0 Å². The molecule has 0 amide bonds. The summed E-state index contributed by atoms with van der Waals surface area (Å²) in [5.74, 6) is 0. The second-order valence-electron chi connectivity index (χ2n) is 24.0. The Morgan fingerprint density at radius 3 is 0.564 bits per heavy atom. The number of hydrogen-bond donors (Lipinski definition) is 0. The fraction of sp³-hybridized carbons (Fsp3) is 0. The summed E-state index contributed by atoms with van der Waals surface area (Å²) in [5.41, 5.74) is 10.1. The Balaban J connectivity index is 0.742. The molecule has 1 nitrogen and oxygen atoms in total. The van der Waals surface area contributed by atoms with Gasteiger partial charge in [-0.15, -0.1) is 0 Å². The summed E-state index contributed by atoms with van der Waals surface area (Å²) in [4.78, 5) is 2.36. The third kappa shape index (κ3) is 12.9. The monoisotopic (exact) mass is 1250 g/mol. The lowest BCUT2D eigenvalue weighted by molar-refractivity contribution is 1.28. The van der Waals surface area contributed by atoms with E-state index < -0.39 is 24.9 Å². The molecule has 94 heavy (non-hydrogen) atoms. The zero-order chi connectivity index (χ0) is 63.2. The highest BCUT2D eigenvalue weighted by atomic mass is 28.3. The fourth-order valence-corrected chi connectivity index (χ4v) is 26.1. The molecule has 4 heteroatoms. The molecule has 0 fully saturated rings. The maximum absolute atomic E-state index is 2.62. The maximum Gasteiger partial charge on any atom is 0.179 e. The Morgan fingerprint density at radius 1 is 0.170 bits per heavy atom. The van der Waals surface area contributed by atoms with Crippen molar-refractivity contribution in [1.82, 2.24) is 0 Å². The lowest BCUT2D eigenvalue weighted by Gasteiger charge is -2.34. The SMILES string of the molecule is C(=C\c1ccc([SiH](c2ccccc2)c2ccccc2)cc1)/c1ccc(N(c2ccc(/C=C/c3ccc([Si](c4ccccc4)(c4ccccc4)c4ccccc4)cc3)cc2)c2ccc(/C=C/c3ccc([Si](c4ccccc4)(c4ccccc4)c4ccccc4)cc3)cc2)cc1. The van der Waals surface area contributed by atoms with Crippen molar-refractivity contribution in [3.05, 3.63) is 422 Å². The van der Waals surface area contributed by atoms with Gasteiger partial charge in [0.2, 0.25) is 0 Å². The van der Waals surface area contributed by atoms with Crippen molar-refractivity contribution >= 4 is 136 Å². The average Bonchev–Trinajstić information content (AvgIpc) is 0.777. The van der Waals surface area contributed by atoms with Crippen LogP contribution in [-0.2, 0) is 0 Å². The first-order valence-electron chi connectivity index (χ1n) is 32.5. The second-order valence-corrected chi connectivity index (χ2v) is 34.5. The highest BCUT2D eigenvalue weighted by molar-refractivity contribution is 7.20. The largest absolute Gasteiger partial charge is 0.311 e. The first kappa shape index (κ1) is 60.3. The van der Waals surface area contributed by atoms with E-state index in [1.165, 1.54) is 62.6 Å². The van der Waals surface area contributed by atoms with Gasteiger partial charge in [0.05, 0.1) is 0 Å². The number of rotatable bonds is 20. The predicted molar refractivity (Wildman–Crippen MR) is 413 cm³/mol. The quantitative estimate of drug-likeness (QED) is 0.0418. The molecule has 14 rings (SSSR count). The van der Waals surface area contributed by atoms with Gasteiger partial charge in [-0.3, -0.25) is 0 Å². The number of anilines is 3. The molecule has 0 aromatic heterocycles. The van der Waals surface area contributed by atoms with Crippen LogP contribution in [0.2, 0.25) is 0 Å². The molecule has 14 aromatic carbocycles. The van der Waals surface area contributed by atoms with E-state index in [0.29, 0.717) is 0 Å². The topological polar surface area (TPSA) is 3.24 Å². The summed E-state index contributed by atoms with van der Waals surface area (Å²) >= 11 is 0. The zero-order valence-electron chi connectivity index (χ0n) is 52.4. The molecule has 0 atom stereocenters. The highest BCUT2D eigenvalue weighted by Crippen LogP contribution is 2.35. The molecule has 0 aliphatic heterocycles. The molecule has 0 spiro atoms. The van der Waals surface area contributed by atoms with Crippen LogP contribution in [0.25, 0.3) is 36.5 Å². The molecule has 0 radical (unpaired) electrons. The number of nitrogens with zero attached hydrogens (tertiary/aromatic N) is 1. The van der Waals surface area contributed by atoms with Crippen LogP contribution in [0.4, 0.5) is 17.1 Å². The Morgan fingerprint density at radius 2 is 0.340 bits per heavy atom. The van der Waals surface area contributed by atoms with E-state index in [0.717, 1.165) is 44.9 Å². The molecule has 0 saturated heterocycles. The first-order chi connectivity index (χ1) is 46.6. The lowest BCUT2D eigenvalue weighted by atomic mass is 10.1. The number of benzene rings is 14. The van der Waals surface area contributed by atoms with Crippen LogP contribution < -0.4 is 62.0 Å². The zero-order valence-corrected chi connectivity index (χ0v) is 55.6. The van der Waals surface area contributed by atoms with Gasteiger partial charge in [-0.1, -0.05) is 404 Å². The number of hydrogen-bond acceptors (Lipinski definition) is 1. The summed E-state index contributed by atoms with van der Waals surface area (Å²) in [6.45, 7) is 0. The minimum absolute atomic E-state index is 1.08. The maximum atomic E-state index is 2.36. The molecule has 0 N–H and O–H groups in total. The molecule has 0 bridgehead atoms. The van der Waals surface area contributed by atoms with Gasteiger partial charge in [0.1, 0.15) is 8.80 Å². The molecule has 0 aliphatic carbocycles. The summed E-state index contributed by atoms with van der Waals surface area (Å²) in [7, 11) is -6.85. The van der Waals surface area contributed by atoms with Crippen molar-refractivity contribution in [1.29, 1.82) is 0 Å². The van der Waals surface area contributed by atoms with Gasteiger partial charge in [-0.25, -0.2) is 0 Å². The van der Waals surface area contributed by atoms with Crippen LogP contribution >= 0.6 is 0 Å². The van der Waals surface area contributed by atoms with Gasteiger partial charge in [-0.2, -0.15) is 0 Å². The standard InChI is InChI=1S/C90H71NSi3/c1-9-25-80(26-10-1)92(81-27-11-2-12-28-81)82-65-53-74(54-66-82)44-41-71-47-59-77(60-48-71)91(78-61-49-72(50-62-78)42-45-75-55-67-89(68-56-75)93(83-29-13-3-14-30-83,84-31-15-4-16-32-84)85-33-17-5-18-34-85)79-63-51-73(52-64-79)43-46-76-57-69-90(70-58-76)94(86-35-19-6-20-36-86,87-37-21-7-22-38-87)88-39-23-8-24-40-88/h1-70,92H/b44-41+,45-42+,46-43+. The van der Waals surface area contributed by atoms with Crippen LogP contribution in [0.1, 0.15) is 33.4 Å². The van der Waals surface area contributed by atoms with E-state index in [4.69, 9.17) is 0 Å². The fourth-order valence-electron chi connectivity index (χ4n) is 13.7. The van der Waals surface area contributed by atoms with Crippen LogP contribution in [0.15, 0.2) is 388 Å². The van der Waals surface area contributed by atoms with Gasteiger partial charge >= 0.3 is 0 Å². The minimum atomic E-state index is -2.62. The summed E-state index contributed by atoms with van der Waals surface area (Å²) in [6, 6.07) is 143. The van der Waals surface area contributed by atoms with Crippen LogP contribution in [0.3, 0.4) is 0 Å². The Bertz CT molecular complexity index is 4320. The van der Waals surface area contributed by atoms with Gasteiger partial charge in [0.25, 0.3) is 0 Å². The Labute approximate surface area is 558 Å². The molecular weight excluding hydrogens is 1180 g/mol. The summed E-state index contributed by atoms with van der Waals surface area (Å²) in [6.07, 6.45) is 13.4. The lowest BCUT2D eigenvalue weighted by Crippen LogP contribution is -2.74. The average molecular weight is 1250 g/mol.